The number of rotatable bonds is 7. The van der Waals surface area contributed by atoms with Crippen molar-refractivity contribution in [1.29, 1.82) is 0 Å². The molecule has 1 N–H and O–H groups in total. The zero-order valence-electron chi connectivity index (χ0n) is 17.6. The lowest BCUT2D eigenvalue weighted by Crippen LogP contribution is -2.30. The van der Waals surface area contributed by atoms with Gasteiger partial charge in [-0.3, -0.25) is 4.79 Å². The molecule has 1 aliphatic heterocycles. The molecule has 1 aliphatic rings. The van der Waals surface area contributed by atoms with Gasteiger partial charge in [0.15, 0.2) is 5.16 Å². The SMILES string of the molecule is CCCCc1ccc(NC(=O)c2cc3c(N4CCCCC4)nc(SC)nc3s2)cc1. The summed E-state index contributed by atoms with van der Waals surface area (Å²) >= 11 is 2.99. The standard InChI is InChI=1S/C23H28N4OS2/c1-3-4-8-16-9-11-17(12-10-16)24-21(28)19-15-18-20(27-13-6-5-7-14-27)25-23(29-2)26-22(18)30-19/h9-12,15H,3-8,13-14H2,1-2H3,(H,24,28). The van der Waals surface area contributed by atoms with E-state index < -0.39 is 0 Å². The van der Waals surface area contributed by atoms with E-state index in [9.17, 15) is 4.79 Å². The number of aryl methyl sites for hydroxylation is 1. The molecule has 158 valence electrons. The highest BCUT2D eigenvalue weighted by atomic mass is 32.2. The van der Waals surface area contributed by atoms with Crippen molar-refractivity contribution in [2.75, 3.05) is 29.6 Å². The quantitative estimate of drug-likeness (QED) is 0.361. The number of piperidine rings is 1. The van der Waals surface area contributed by atoms with Crippen molar-refractivity contribution >= 4 is 50.7 Å². The normalized spacial score (nSPS) is 14.3. The van der Waals surface area contributed by atoms with E-state index in [1.165, 1.54) is 49.0 Å². The summed E-state index contributed by atoms with van der Waals surface area (Å²) in [6.45, 7) is 4.23. The predicted molar refractivity (Wildman–Crippen MR) is 128 cm³/mol. The van der Waals surface area contributed by atoms with Crippen LogP contribution in [0.3, 0.4) is 0 Å². The number of benzene rings is 1. The van der Waals surface area contributed by atoms with Crippen molar-refractivity contribution in [2.24, 2.45) is 0 Å². The Labute approximate surface area is 186 Å². The zero-order chi connectivity index (χ0) is 20.9. The topological polar surface area (TPSA) is 58.1 Å². The number of unbranched alkanes of at least 4 members (excludes halogenated alkanes) is 1. The third-order valence-electron chi connectivity index (χ3n) is 5.44. The molecule has 0 bridgehead atoms. The average Bonchev–Trinajstić information content (AvgIpc) is 3.23. The minimum atomic E-state index is -0.0883. The Morgan fingerprint density at radius 3 is 2.63 bits per heavy atom. The number of fused-ring (bicyclic) bond motifs is 1. The number of hydrogen-bond acceptors (Lipinski definition) is 6. The van der Waals surface area contributed by atoms with E-state index in [1.807, 2.05) is 24.5 Å². The minimum absolute atomic E-state index is 0.0883. The van der Waals surface area contributed by atoms with Crippen LogP contribution in [0.25, 0.3) is 10.2 Å². The van der Waals surface area contributed by atoms with E-state index in [-0.39, 0.29) is 5.91 Å². The number of anilines is 2. The summed E-state index contributed by atoms with van der Waals surface area (Å²) in [6, 6.07) is 10.1. The van der Waals surface area contributed by atoms with Crippen molar-refractivity contribution in [1.82, 2.24) is 9.97 Å². The summed E-state index contributed by atoms with van der Waals surface area (Å²) in [5, 5.41) is 4.78. The van der Waals surface area contributed by atoms with Gasteiger partial charge in [-0.25, -0.2) is 9.97 Å². The van der Waals surface area contributed by atoms with E-state index in [0.29, 0.717) is 4.88 Å². The first-order chi connectivity index (χ1) is 14.7. The van der Waals surface area contributed by atoms with E-state index in [0.717, 1.165) is 46.4 Å². The van der Waals surface area contributed by atoms with Gasteiger partial charge < -0.3 is 10.2 Å². The van der Waals surface area contributed by atoms with Crippen molar-refractivity contribution < 1.29 is 4.79 Å². The maximum atomic E-state index is 12.9. The van der Waals surface area contributed by atoms with Gasteiger partial charge in [-0.2, -0.15) is 0 Å². The van der Waals surface area contributed by atoms with Crippen LogP contribution in [-0.2, 0) is 6.42 Å². The van der Waals surface area contributed by atoms with Crippen LogP contribution in [0.1, 0.15) is 54.3 Å². The van der Waals surface area contributed by atoms with E-state index in [1.54, 1.807) is 11.8 Å². The second-order valence-corrected chi connectivity index (χ2v) is 9.47. The Balaban J connectivity index is 1.57. The number of thiophene rings is 1. The summed E-state index contributed by atoms with van der Waals surface area (Å²) in [6.07, 6.45) is 9.09. The lowest BCUT2D eigenvalue weighted by Gasteiger charge is -2.28. The molecule has 1 saturated heterocycles. The number of hydrogen-bond donors (Lipinski definition) is 1. The fourth-order valence-corrected chi connectivity index (χ4v) is 5.10. The van der Waals surface area contributed by atoms with Crippen LogP contribution in [0.15, 0.2) is 35.5 Å². The van der Waals surface area contributed by atoms with Crippen molar-refractivity contribution in [2.45, 2.75) is 50.6 Å². The first-order valence-corrected chi connectivity index (χ1v) is 12.7. The largest absolute Gasteiger partial charge is 0.356 e. The molecule has 0 unspecified atom stereocenters. The maximum Gasteiger partial charge on any atom is 0.265 e. The van der Waals surface area contributed by atoms with Gasteiger partial charge in [0.25, 0.3) is 5.91 Å². The molecule has 0 saturated carbocycles. The molecular formula is C23H28N4OS2. The van der Waals surface area contributed by atoms with Gasteiger partial charge in [0.2, 0.25) is 0 Å². The van der Waals surface area contributed by atoms with Crippen molar-refractivity contribution in [3.63, 3.8) is 0 Å². The molecule has 0 spiro atoms. The smallest absolute Gasteiger partial charge is 0.265 e. The second-order valence-electron chi connectivity index (χ2n) is 7.67. The molecule has 3 heterocycles. The molecule has 2 aromatic heterocycles. The number of aromatic nitrogens is 2. The molecule has 4 rings (SSSR count). The first kappa shape index (κ1) is 21.1. The Bertz CT molecular complexity index is 1010. The summed E-state index contributed by atoms with van der Waals surface area (Å²) in [5.41, 5.74) is 2.13. The van der Waals surface area contributed by atoms with Crippen LogP contribution in [0.5, 0.6) is 0 Å². The number of carbonyl (C=O) groups excluding carboxylic acids is 1. The molecule has 1 aromatic carbocycles. The second kappa shape index (κ2) is 9.79. The molecular weight excluding hydrogens is 412 g/mol. The first-order valence-electron chi connectivity index (χ1n) is 10.7. The van der Waals surface area contributed by atoms with Gasteiger partial charge >= 0.3 is 0 Å². The molecule has 30 heavy (non-hydrogen) atoms. The van der Waals surface area contributed by atoms with Crippen LogP contribution in [0.4, 0.5) is 11.5 Å². The van der Waals surface area contributed by atoms with Gasteiger partial charge in [0.1, 0.15) is 10.6 Å². The summed E-state index contributed by atoms with van der Waals surface area (Å²) in [4.78, 5) is 26.3. The number of thioether (sulfide) groups is 1. The highest BCUT2D eigenvalue weighted by Crippen LogP contribution is 2.34. The van der Waals surface area contributed by atoms with Gasteiger partial charge in [0, 0.05) is 18.8 Å². The van der Waals surface area contributed by atoms with Crippen molar-refractivity contribution in [3.8, 4) is 0 Å². The lowest BCUT2D eigenvalue weighted by atomic mass is 10.1. The molecule has 0 radical (unpaired) electrons. The Hall–Kier alpha value is -2.12. The number of carbonyl (C=O) groups is 1. The van der Waals surface area contributed by atoms with Crippen LogP contribution in [-0.4, -0.2) is 35.2 Å². The Morgan fingerprint density at radius 2 is 1.93 bits per heavy atom. The molecule has 0 aliphatic carbocycles. The molecule has 1 amide bonds. The molecule has 1 fully saturated rings. The maximum absolute atomic E-state index is 12.9. The van der Waals surface area contributed by atoms with Crippen molar-refractivity contribution in [3.05, 3.63) is 40.8 Å². The van der Waals surface area contributed by atoms with Crippen LogP contribution in [0.2, 0.25) is 0 Å². The average molecular weight is 441 g/mol. The van der Waals surface area contributed by atoms with E-state index in [4.69, 9.17) is 4.98 Å². The van der Waals surface area contributed by atoms with Gasteiger partial charge in [0.05, 0.1) is 10.3 Å². The Morgan fingerprint density at radius 1 is 1.17 bits per heavy atom. The summed E-state index contributed by atoms with van der Waals surface area (Å²) in [5.74, 6) is 0.884. The van der Waals surface area contributed by atoms with Gasteiger partial charge in [-0.05, 0) is 62.1 Å². The zero-order valence-corrected chi connectivity index (χ0v) is 19.2. The van der Waals surface area contributed by atoms with E-state index in [2.05, 4.69) is 34.3 Å². The number of nitrogens with zero attached hydrogens (tertiary/aromatic N) is 3. The van der Waals surface area contributed by atoms with Gasteiger partial charge in [-0.1, -0.05) is 37.2 Å². The molecule has 3 aromatic rings. The number of nitrogens with one attached hydrogen (secondary N) is 1. The minimum Gasteiger partial charge on any atom is -0.356 e. The van der Waals surface area contributed by atoms with Crippen LogP contribution in [0, 0.1) is 0 Å². The number of amides is 1. The van der Waals surface area contributed by atoms with Gasteiger partial charge in [-0.15, -0.1) is 11.3 Å². The monoisotopic (exact) mass is 440 g/mol. The molecule has 7 heteroatoms. The summed E-state index contributed by atoms with van der Waals surface area (Å²) < 4.78 is 0. The van der Waals surface area contributed by atoms with Crippen LogP contribution < -0.4 is 10.2 Å². The third-order valence-corrected chi connectivity index (χ3v) is 7.02. The fourth-order valence-electron chi connectivity index (χ4n) is 3.77. The third kappa shape index (κ3) is 4.78. The highest BCUT2D eigenvalue weighted by molar-refractivity contribution is 7.98. The predicted octanol–water partition coefficient (Wildman–Crippen LogP) is 6.00. The summed E-state index contributed by atoms with van der Waals surface area (Å²) in [7, 11) is 0. The fraction of sp³-hybridized carbons (Fsp3) is 0.435. The van der Waals surface area contributed by atoms with E-state index >= 15 is 0 Å². The Kier molecular flexibility index (Phi) is 6.89. The van der Waals surface area contributed by atoms with Crippen LogP contribution >= 0.6 is 23.1 Å². The lowest BCUT2D eigenvalue weighted by molar-refractivity contribution is 0.103. The molecule has 0 atom stereocenters. The highest BCUT2D eigenvalue weighted by Gasteiger charge is 2.21. The molecule has 5 nitrogen and oxygen atoms in total.